The van der Waals surface area contributed by atoms with E-state index in [9.17, 15) is 19.2 Å². The van der Waals surface area contributed by atoms with E-state index in [0.29, 0.717) is 24.1 Å². The molecule has 2 aromatic carbocycles. The molecule has 0 aromatic heterocycles. The van der Waals surface area contributed by atoms with Gasteiger partial charge in [-0.3, -0.25) is 14.9 Å². The lowest BCUT2D eigenvalue weighted by molar-refractivity contribution is -0.143. The first-order chi connectivity index (χ1) is 15.2. The number of anilines is 1. The number of benzene rings is 2. The molecule has 3 rings (SSSR count). The highest BCUT2D eigenvalue weighted by molar-refractivity contribution is 14.1. The minimum atomic E-state index is -0.794. The SMILES string of the molecule is CCc1ccc(N2C(=O)NC(=O)/C(=C/c3cc(I)c(OCC(=O)OC)c(I)c3)C2=O)cc1. The van der Waals surface area contributed by atoms with Gasteiger partial charge in [0, 0.05) is 0 Å². The van der Waals surface area contributed by atoms with Crippen LogP contribution in [-0.2, 0) is 25.5 Å². The molecule has 1 N–H and O–H groups in total. The Morgan fingerprint density at radius 2 is 1.72 bits per heavy atom. The largest absolute Gasteiger partial charge is 0.480 e. The molecule has 1 fully saturated rings. The second-order valence-corrected chi connectivity index (χ2v) is 8.98. The molecule has 4 amide bonds. The summed E-state index contributed by atoms with van der Waals surface area (Å²) in [6, 6.07) is 9.61. The maximum absolute atomic E-state index is 13.0. The highest BCUT2D eigenvalue weighted by Crippen LogP contribution is 2.30. The maximum Gasteiger partial charge on any atom is 0.343 e. The third kappa shape index (κ3) is 5.28. The number of amides is 4. The molecule has 0 saturated carbocycles. The van der Waals surface area contributed by atoms with Crippen molar-refractivity contribution in [1.82, 2.24) is 5.32 Å². The molecule has 2 aromatic rings. The minimum Gasteiger partial charge on any atom is -0.480 e. The number of carbonyl (C=O) groups is 4. The number of hydrogen-bond acceptors (Lipinski definition) is 6. The number of nitrogens with zero attached hydrogens (tertiary/aromatic N) is 1. The average molecular weight is 660 g/mol. The van der Waals surface area contributed by atoms with Gasteiger partial charge in [0.15, 0.2) is 6.61 Å². The summed E-state index contributed by atoms with van der Waals surface area (Å²) in [4.78, 5) is 50.1. The number of halogens is 2. The van der Waals surface area contributed by atoms with Crippen LogP contribution >= 0.6 is 45.2 Å². The lowest BCUT2D eigenvalue weighted by atomic mass is 10.1. The van der Waals surface area contributed by atoms with Crippen LogP contribution in [0.15, 0.2) is 42.0 Å². The third-order valence-corrected chi connectivity index (χ3v) is 6.20. The minimum absolute atomic E-state index is 0.168. The van der Waals surface area contributed by atoms with Gasteiger partial charge in [0.25, 0.3) is 11.8 Å². The first-order valence-corrected chi connectivity index (χ1v) is 11.6. The van der Waals surface area contributed by atoms with Crippen LogP contribution in [0.2, 0.25) is 0 Å². The molecule has 0 unspecified atom stereocenters. The number of nitrogens with one attached hydrogen (secondary N) is 1. The van der Waals surface area contributed by atoms with E-state index in [4.69, 9.17) is 4.74 Å². The van der Waals surface area contributed by atoms with Crippen molar-refractivity contribution < 1.29 is 28.7 Å². The molecule has 0 radical (unpaired) electrons. The molecule has 166 valence electrons. The van der Waals surface area contributed by atoms with Gasteiger partial charge in [-0.2, -0.15) is 0 Å². The van der Waals surface area contributed by atoms with E-state index in [2.05, 4.69) is 10.1 Å². The van der Waals surface area contributed by atoms with Crippen molar-refractivity contribution in [3.8, 4) is 5.75 Å². The summed E-state index contributed by atoms with van der Waals surface area (Å²) in [6.45, 7) is 1.76. The predicted octanol–water partition coefficient (Wildman–Crippen LogP) is 3.68. The van der Waals surface area contributed by atoms with Crippen molar-refractivity contribution in [2.45, 2.75) is 13.3 Å². The molecule has 1 aliphatic rings. The van der Waals surface area contributed by atoms with Gasteiger partial charge in [-0.15, -0.1) is 0 Å². The van der Waals surface area contributed by atoms with E-state index in [1.807, 2.05) is 64.2 Å². The number of aryl methyl sites for hydroxylation is 1. The molecule has 0 spiro atoms. The molecule has 0 bridgehead atoms. The number of ether oxygens (including phenoxy) is 2. The van der Waals surface area contributed by atoms with Crippen molar-refractivity contribution in [3.63, 3.8) is 0 Å². The summed E-state index contributed by atoms with van der Waals surface area (Å²) >= 11 is 4.07. The summed E-state index contributed by atoms with van der Waals surface area (Å²) in [6.07, 6.45) is 2.24. The highest BCUT2D eigenvalue weighted by Gasteiger charge is 2.36. The Balaban J connectivity index is 1.92. The molecule has 1 aliphatic heterocycles. The second-order valence-electron chi connectivity index (χ2n) is 6.66. The predicted molar refractivity (Wildman–Crippen MR) is 134 cm³/mol. The molecule has 1 heterocycles. The monoisotopic (exact) mass is 660 g/mol. The molecular weight excluding hydrogens is 642 g/mol. The van der Waals surface area contributed by atoms with Crippen LogP contribution in [0, 0.1) is 7.14 Å². The van der Waals surface area contributed by atoms with E-state index in [1.54, 1.807) is 24.3 Å². The molecule has 8 nitrogen and oxygen atoms in total. The van der Waals surface area contributed by atoms with E-state index in [1.165, 1.54) is 13.2 Å². The Kier molecular flexibility index (Phi) is 7.87. The summed E-state index contributed by atoms with van der Waals surface area (Å²) in [5.74, 6) is -1.49. The van der Waals surface area contributed by atoms with Gasteiger partial charge >= 0.3 is 12.0 Å². The van der Waals surface area contributed by atoms with Crippen molar-refractivity contribution in [3.05, 3.63) is 60.2 Å². The molecule has 1 saturated heterocycles. The van der Waals surface area contributed by atoms with Crippen molar-refractivity contribution in [2.75, 3.05) is 18.6 Å². The van der Waals surface area contributed by atoms with Gasteiger partial charge in [0.1, 0.15) is 11.3 Å². The quantitative estimate of drug-likeness (QED) is 0.220. The van der Waals surface area contributed by atoms with Gasteiger partial charge in [-0.25, -0.2) is 14.5 Å². The lowest BCUT2D eigenvalue weighted by Gasteiger charge is -2.26. The van der Waals surface area contributed by atoms with Crippen molar-refractivity contribution in [1.29, 1.82) is 0 Å². The van der Waals surface area contributed by atoms with Gasteiger partial charge in [-0.05, 0) is 93.1 Å². The average Bonchev–Trinajstić information content (AvgIpc) is 2.76. The number of barbiturate groups is 1. The van der Waals surface area contributed by atoms with Gasteiger partial charge in [0.2, 0.25) is 0 Å². The number of imide groups is 2. The molecule has 0 atom stereocenters. The molecule has 0 aliphatic carbocycles. The number of rotatable bonds is 6. The molecule has 10 heteroatoms. The fourth-order valence-electron chi connectivity index (χ4n) is 2.93. The Morgan fingerprint density at radius 1 is 1.09 bits per heavy atom. The standard InChI is InChI=1S/C22H18I2N2O6/c1-3-12-4-6-14(7-5-12)26-21(29)15(20(28)25-22(26)30)8-13-9-16(23)19(17(24)10-13)32-11-18(27)31-2/h4-10H,3,11H2,1-2H3,(H,25,28,30)/b15-8-. The zero-order valence-corrected chi connectivity index (χ0v) is 21.4. The zero-order chi connectivity index (χ0) is 23.4. The Morgan fingerprint density at radius 3 is 2.28 bits per heavy atom. The van der Waals surface area contributed by atoms with E-state index < -0.39 is 23.8 Å². The zero-order valence-electron chi connectivity index (χ0n) is 17.1. The van der Waals surface area contributed by atoms with Crippen LogP contribution in [0.3, 0.4) is 0 Å². The molecule has 32 heavy (non-hydrogen) atoms. The highest BCUT2D eigenvalue weighted by atomic mass is 127. The Labute approximate surface area is 211 Å². The molecular formula is C22H18I2N2O6. The lowest BCUT2D eigenvalue weighted by Crippen LogP contribution is -2.54. The summed E-state index contributed by atoms with van der Waals surface area (Å²) in [5, 5.41) is 2.22. The van der Waals surface area contributed by atoms with E-state index in [-0.39, 0.29) is 12.2 Å². The maximum atomic E-state index is 13.0. The van der Waals surface area contributed by atoms with Crippen LogP contribution in [0.25, 0.3) is 6.08 Å². The summed E-state index contributed by atoms with van der Waals surface area (Å²) < 4.78 is 11.4. The summed E-state index contributed by atoms with van der Waals surface area (Å²) in [5.41, 5.74) is 1.83. The Bertz CT molecular complexity index is 1100. The number of hydrogen-bond donors (Lipinski definition) is 1. The van der Waals surface area contributed by atoms with E-state index >= 15 is 0 Å². The normalized spacial score (nSPS) is 15.1. The van der Waals surface area contributed by atoms with Crippen molar-refractivity contribution in [2.24, 2.45) is 0 Å². The van der Waals surface area contributed by atoms with Crippen LogP contribution in [0.4, 0.5) is 10.5 Å². The second kappa shape index (κ2) is 10.4. The third-order valence-electron chi connectivity index (χ3n) is 4.60. The topological polar surface area (TPSA) is 102 Å². The van der Waals surface area contributed by atoms with Crippen molar-refractivity contribution >= 4 is 80.8 Å². The van der Waals surface area contributed by atoms with Gasteiger partial charge in [0.05, 0.1) is 19.9 Å². The van der Waals surface area contributed by atoms with Gasteiger partial charge in [-0.1, -0.05) is 19.1 Å². The number of urea groups is 1. The fourth-order valence-corrected chi connectivity index (χ4v) is 5.06. The van der Waals surface area contributed by atoms with Crippen LogP contribution in [-0.4, -0.2) is 37.5 Å². The smallest absolute Gasteiger partial charge is 0.343 e. The number of esters is 1. The number of methoxy groups -OCH3 is 1. The number of carbonyl (C=O) groups excluding carboxylic acids is 4. The van der Waals surface area contributed by atoms with Gasteiger partial charge < -0.3 is 9.47 Å². The Hall–Kier alpha value is -2.48. The van der Waals surface area contributed by atoms with Crippen LogP contribution in [0.1, 0.15) is 18.1 Å². The summed E-state index contributed by atoms with van der Waals surface area (Å²) in [7, 11) is 1.27. The van der Waals surface area contributed by atoms with E-state index in [0.717, 1.165) is 16.9 Å². The first-order valence-electron chi connectivity index (χ1n) is 9.44. The van der Waals surface area contributed by atoms with Crippen LogP contribution in [0.5, 0.6) is 5.75 Å². The fraction of sp³-hybridized carbons (Fsp3) is 0.182. The first kappa shape index (κ1) is 24.2. The van der Waals surface area contributed by atoms with Crippen LogP contribution < -0.4 is 15.0 Å².